The second-order valence-corrected chi connectivity index (χ2v) is 6.90. The molecule has 1 saturated heterocycles. The molecular formula is C22H26N2O4. The molecule has 0 saturated carbocycles. The Morgan fingerprint density at radius 1 is 1.04 bits per heavy atom. The van der Waals surface area contributed by atoms with Crippen LogP contribution in [0.3, 0.4) is 0 Å². The lowest BCUT2D eigenvalue weighted by Gasteiger charge is -2.27. The largest absolute Gasteiger partial charge is 0.493 e. The topological polar surface area (TPSA) is 59.1 Å². The van der Waals surface area contributed by atoms with Crippen LogP contribution in [-0.4, -0.2) is 44.5 Å². The number of hydrogen-bond acceptors (Lipinski definition) is 4. The van der Waals surface area contributed by atoms with E-state index in [1.807, 2.05) is 30.3 Å². The predicted octanol–water partition coefficient (Wildman–Crippen LogP) is 3.49. The number of carbonyl (C=O) groups is 2. The molecular weight excluding hydrogens is 356 g/mol. The van der Waals surface area contributed by atoms with Crippen molar-refractivity contribution in [3.05, 3.63) is 53.6 Å². The summed E-state index contributed by atoms with van der Waals surface area (Å²) >= 11 is 0. The summed E-state index contributed by atoms with van der Waals surface area (Å²) in [6.07, 6.45) is 2.56. The average molecular weight is 382 g/mol. The van der Waals surface area contributed by atoms with Crippen LogP contribution in [0.2, 0.25) is 0 Å². The van der Waals surface area contributed by atoms with Gasteiger partial charge in [-0.05, 0) is 54.8 Å². The number of nitrogens with zero attached hydrogens (tertiary/aromatic N) is 2. The summed E-state index contributed by atoms with van der Waals surface area (Å²) in [5.74, 6) is 1.36. The van der Waals surface area contributed by atoms with Crippen LogP contribution in [0.25, 0.3) is 0 Å². The highest BCUT2D eigenvalue weighted by Crippen LogP contribution is 2.28. The maximum atomic E-state index is 12.8. The molecule has 2 amide bonds. The smallest absolute Gasteiger partial charge is 0.253 e. The molecule has 148 valence electrons. The Hall–Kier alpha value is -3.02. The summed E-state index contributed by atoms with van der Waals surface area (Å²) in [7, 11) is 4.94. The predicted molar refractivity (Wildman–Crippen MR) is 108 cm³/mol. The van der Waals surface area contributed by atoms with Gasteiger partial charge in [-0.1, -0.05) is 6.07 Å². The van der Waals surface area contributed by atoms with Crippen LogP contribution in [0, 0.1) is 0 Å². The van der Waals surface area contributed by atoms with E-state index < -0.39 is 0 Å². The van der Waals surface area contributed by atoms with Crippen molar-refractivity contribution in [2.75, 3.05) is 32.7 Å². The second kappa shape index (κ2) is 8.78. The number of rotatable bonds is 6. The normalized spacial score (nSPS) is 14.0. The van der Waals surface area contributed by atoms with Gasteiger partial charge in [-0.15, -0.1) is 0 Å². The molecule has 1 fully saturated rings. The van der Waals surface area contributed by atoms with E-state index in [2.05, 4.69) is 0 Å². The van der Waals surface area contributed by atoms with Gasteiger partial charge < -0.3 is 19.3 Å². The van der Waals surface area contributed by atoms with Gasteiger partial charge in [0.25, 0.3) is 5.91 Å². The van der Waals surface area contributed by atoms with Crippen molar-refractivity contribution < 1.29 is 19.1 Å². The Morgan fingerprint density at radius 3 is 2.39 bits per heavy atom. The van der Waals surface area contributed by atoms with Crippen molar-refractivity contribution in [3.63, 3.8) is 0 Å². The van der Waals surface area contributed by atoms with Gasteiger partial charge in [0.2, 0.25) is 5.91 Å². The summed E-state index contributed by atoms with van der Waals surface area (Å²) < 4.78 is 10.6. The summed E-state index contributed by atoms with van der Waals surface area (Å²) in [5, 5.41) is 0. The Balaban J connectivity index is 1.68. The van der Waals surface area contributed by atoms with E-state index in [1.54, 1.807) is 43.2 Å². The third-order valence-corrected chi connectivity index (χ3v) is 4.96. The van der Waals surface area contributed by atoms with Crippen molar-refractivity contribution in [1.29, 1.82) is 0 Å². The van der Waals surface area contributed by atoms with E-state index >= 15 is 0 Å². The molecule has 28 heavy (non-hydrogen) atoms. The Labute approximate surface area is 165 Å². The van der Waals surface area contributed by atoms with Crippen LogP contribution < -0.4 is 14.4 Å². The van der Waals surface area contributed by atoms with Gasteiger partial charge >= 0.3 is 0 Å². The van der Waals surface area contributed by atoms with Crippen LogP contribution >= 0.6 is 0 Å². The average Bonchev–Trinajstić information content (AvgIpc) is 2.73. The molecule has 3 rings (SSSR count). The highest BCUT2D eigenvalue weighted by Gasteiger charge is 2.20. The number of hydrogen-bond donors (Lipinski definition) is 0. The van der Waals surface area contributed by atoms with Gasteiger partial charge in [-0.3, -0.25) is 9.59 Å². The van der Waals surface area contributed by atoms with Crippen molar-refractivity contribution in [2.45, 2.75) is 25.8 Å². The maximum Gasteiger partial charge on any atom is 0.253 e. The molecule has 0 unspecified atom stereocenters. The quantitative estimate of drug-likeness (QED) is 0.767. The zero-order chi connectivity index (χ0) is 20.1. The number of benzene rings is 2. The minimum Gasteiger partial charge on any atom is -0.493 e. The molecule has 0 radical (unpaired) electrons. The number of methoxy groups -OCH3 is 2. The van der Waals surface area contributed by atoms with E-state index in [9.17, 15) is 9.59 Å². The molecule has 0 aliphatic carbocycles. The molecule has 1 aliphatic heterocycles. The molecule has 0 aromatic heterocycles. The zero-order valence-corrected chi connectivity index (χ0v) is 16.6. The highest BCUT2D eigenvalue weighted by atomic mass is 16.5. The number of ether oxygens (including phenoxy) is 2. The Kier molecular flexibility index (Phi) is 6.19. The summed E-state index contributed by atoms with van der Waals surface area (Å²) in [4.78, 5) is 28.3. The highest BCUT2D eigenvalue weighted by molar-refractivity contribution is 5.96. The molecule has 0 spiro atoms. The first-order valence-corrected chi connectivity index (χ1v) is 9.40. The van der Waals surface area contributed by atoms with Gasteiger partial charge in [0.15, 0.2) is 11.5 Å². The Morgan fingerprint density at radius 2 is 1.75 bits per heavy atom. The number of amides is 2. The van der Waals surface area contributed by atoms with E-state index in [0.29, 0.717) is 30.0 Å². The van der Waals surface area contributed by atoms with Gasteiger partial charge in [0.1, 0.15) is 0 Å². The van der Waals surface area contributed by atoms with Gasteiger partial charge in [-0.25, -0.2) is 0 Å². The lowest BCUT2D eigenvalue weighted by Crippen LogP contribution is -2.35. The maximum absolute atomic E-state index is 12.8. The van der Waals surface area contributed by atoms with Crippen LogP contribution in [0.4, 0.5) is 5.69 Å². The van der Waals surface area contributed by atoms with Crippen LogP contribution in [0.15, 0.2) is 42.5 Å². The standard InChI is InChI=1S/C22H26N2O4/c1-23(15-16-7-12-19(27-2)20(14-16)28-3)22(26)17-8-10-18(11-9-17)24-13-5-4-6-21(24)25/h7-12,14H,4-6,13,15H2,1-3H3. The van der Waals surface area contributed by atoms with Crippen molar-refractivity contribution >= 4 is 17.5 Å². The fourth-order valence-corrected chi connectivity index (χ4v) is 3.41. The lowest BCUT2D eigenvalue weighted by atomic mass is 10.1. The van der Waals surface area contributed by atoms with Crippen LogP contribution in [-0.2, 0) is 11.3 Å². The van der Waals surface area contributed by atoms with E-state index in [4.69, 9.17) is 9.47 Å². The summed E-state index contributed by atoms with van der Waals surface area (Å²) in [6.45, 7) is 1.19. The van der Waals surface area contributed by atoms with Crippen molar-refractivity contribution in [3.8, 4) is 11.5 Å². The molecule has 0 bridgehead atoms. The SMILES string of the molecule is COc1ccc(CN(C)C(=O)c2ccc(N3CCCCC3=O)cc2)cc1OC. The fraction of sp³-hybridized carbons (Fsp3) is 0.364. The molecule has 2 aromatic carbocycles. The van der Waals surface area contributed by atoms with Gasteiger partial charge in [0, 0.05) is 37.8 Å². The third-order valence-electron chi connectivity index (χ3n) is 4.96. The first kappa shape index (κ1) is 19.7. The molecule has 0 atom stereocenters. The van der Waals surface area contributed by atoms with Gasteiger partial charge in [0.05, 0.1) is 14.2 Å². The lowest BCUT2D eigenvalue weighted by molar-refractivity contribution is -0.119. The van der Waals surface area contributed by atoms with E-state index in [1.165, 1.54) is 0 Å². The van der Waals surface area contributed by atoms with Crippen LogP contribution in [0.5, 0.6) is 11.5 Å². The minimum absolute atomic E-state index is 0.0775. The Bertz CT molecular complexity index is 848. The minimum atomic E-state index is -0.0775. The first-order valence-electron chi connectivity index (χ1n) is 9.40. The molecule has 1 heterocycles. The molecule has 2 aromatic rings. The zero-order valence-electron chi connectivity index (χ0n) is 16.6. The summed E-state index contributed by atoms with van der Waals surface area (Å²) in [6, 6.07) is 12.9. The fourth-order valence-electron chi connectivity index (χ4n) is 3.41. The van der Waals surface area contributed by atoms with Crippen molar-refractivity contribution in [2.24, 2.45) is 0 Å². The molecule has 0 N–H and O–H groups in total. The second-order valence-electron chi connectivity index (χ2n) is 6.90. The third kappa shape index (κ3) is 4.27. The number of anilines is 1. The molecule has 1 aliphatic rings. The first-order chi connectivity index (χ1) is 13.5. The molecule has 6 nitrogen and oxygen atoms in total. The van der Waals surface area contributed by atoms with E-state index in [0.717, 1.165) is 30.6 Å². The number of carbonyl (C=O) groups excluding carboxylic acids is 2. The van der Waals surface area contributed by atoms with Crippen molar-refractivity contribution in [1.82, 2.24) is 4.90 Å². The van der Waals surface area contributed by atoms with E-state index in [-0.39, 0.29) is 11.8 Å². The molecule has 6 heteroatoms. The monoisotopic (exact) mass is 382 g/mol. The van der Waals surface area contributed by atoms with Gasteiger partial charge in [-0.2, -0.15) is 0 Å². The number of piperidine rings is 1. The van der Waals surface area contributed by atoms with Crippen LogP contribution in [0.1, 0.15) is 35.2 Å². The summed E-state index contributed by atoms with van der Waals surface area (Å²) in [5.41, 5.74) is 2.39.